The number of pyridine rings is 1. The molecule has 7 heteroatoms. The lowest BCUT2D eigenvalue weighted by Crippen LogP contribution is -2.10. The van der Waals surface area contributed by atoms with Gasteiger partial charge in [-0.2, -0.15) is 9.61 Å². The van der Waals surface area contributed by atoms with Crippen molar-refractivity contribution in [2.75, 3.05) is 11.9 Å². The molecule has 0 spiro atoms. The molecule has 5 rings (SSSR count). The van der Waals surface area contributed by atoms with Gasteiger partial charge in [-0.3, -0.25) is 4.98 Å². The summed E-state index contributed by atoms with van der Waals surface area (Å²) in [4.78, 5) is 15.6. The third-order valence-corrected chi connectivity index (χ3v) is 4.88. The fourth-order valence-corrected chi connectivity index (χ4v) is 3.48. The number of aromatic amines is 1. The number of nitrogens with one attached hydrogen (secondary N) is 2. The Bertz CT molecular complexity index is 1360. The normalized spacial score (nSPS) is 11.0. The number of nitrogens with zero attached hydrogens (tertiary/aromatic N) is 5. The Labute approximate surface area is 166 Å². The average molecular weight is 379 g/mol. The number of hydrogen-bond acceptors (Lipinski definition) is 4. The van der Waals surface area contributed by atoms with Crippen LogP contribution in [0.25, 0.3) is 32.7 Å². The number of H-pyrrole nitrogens is 1. The molecule has 0 aliphatic heterocycles. The van der Waals surface area contributed by atoms with Gasteiger partial charge in [-0.25, -0.2) is 9.83 Å². The van der Waals surface area contributed by atoms with E-state index in [-0.39, 0.29) is 0 Å². The van der Waals surface area contributed by atoms with Gasteiger partial charge in [0, 0.05) is 53.7 Å². The van der Waals surface area contributed by atoms with Crippen LogP contribution in [0.3, 0.4) is 0 Å². The summed E-state index contributed by atoms with van der Waals surface area (Å²) in [6.07, 6.45) is 7.94. The van der Waals surface area contributed by atoms with Crippen molar-refractivity contribution in [2.45, 2.75) is 6.42 Å². The highest BCUT2D eigenvalue weighted by molar-refractivity contribution is 5.83. The summed E-state index contributed by atoms with van der Waals surface area (Å²) >= 11 is 0. The Morgan fingerprint density at radius 2 is 2.07 bits per heavy atom. The Morgan fingerprint density at radius 1 is 1.14 bits per heavy atom. The molecule has 0 atom stereocenters. The number of benzene rings is 1. The summed E-state index contributed by atoms with van der Waals surface area (Å²) in [7, 11) is 0. The molecule has 5 aromatic rings. The van der Waals surface area contributed by atoms with Crippen molar-refractivity contribution in [3.63, 3.8) is 0 Å². The van der Waals surface area contributed by atoms with E-state index in [4.69, 9.17) is 6.57 Å². The maximum absolute atomic E-state index is 7.20. The van der Waals surface area contributed by atoms with Crippen LogP contribution in [-0.2, 0) is 6.42 Å². The Morgan fingerprint density at radius 3 is 3.00 bits per heavy atom. The van der Waals surface area contributed by atoms with Crippen molar-refractivity contribution in [2.24, 2.45) is 0 Å². The maximum atomic E-state index is 7.20. The molecule has 0 saturated carbocycles. The fraction of sp³-hybridized carbons (Fsp3) is 0.0909. The molecule has 0 amide bonds. The van der Waals surface area contributed by atoms with E-state index in [0.29, 0.717) is 5.69 Å². The van der Waals surface area contributed by atoms with Gasteiger partial charge in [-0.1, -0.05) is 18.2 Å². The van der Waals surface area contributed by atoms with Crippen molar-refractivity contribution in [3.8, 4) is 11.3 Å². The molecule has 7 nitrogen and oxygen atoms in total. The highest BCUT2D eigenvalue weighted by Crippen LogP contribution is 2.25. The van der Waals surface area contributed by atoms with Crippen molar-refractivity contribution in [1.82, 2.24) is 24.6 Å². The molecule has 1 aromatic carbocycles. The molecule has 0 radical (unpaired) electrons. The number of fused-ring (bicyclic) bond motifs is 2. The first-order chi connectivity index (χ1) is 14.3. The molecule has 0 bridgehead atoms. The van der Waals surface area contributed by atoms with Gasteiger partial charge in [0.05, 0.1) is 18.5 Å². The zero-order chi connectivity index (χ0) is 19.6. The van der Waals surface area contributed by atoms with Crippen LogP contribution in [0.4, 0.5) is 11.5 Å². The van der Waals surface area contributed by atoms with E-state index in [9.17, 15) is 0 Å². The second-order valence-corrected chi connectivity index (χ2v) is 6.71. The lowest BCUT2D eigenvalue weighted by molar-refractivity contribution is 0.916. The van der Waals surface area contributed by atoms with Crippen molar-refractivity contribution < 1.29 is 0 Å². The van der Waals surface area contributed by atoms with Crippen LogP contribution >= 0.6 is 0 Å². The lowest BCUT2D eigenvalue weighted by Gasteiger charge is -2.11. The number of para-hydroxylation sites is 1. The van der Waals surface area contributed by atoms with E-state index in [0.717, 1.165) is 41.2 Å². The van der Waals surface area contributed by atoms with Gasteiger partial charge >= 0.3 is 0 Å². The SMILES string of the molecule is [C-]#[N+]c1cncc(-c2cc(NCCc3c[nH]c4ccccc34)n3nccc3n2)c1. The quantitative estimate of drug-likeness (QED) is 0.442. The molecule has 0 unspecified atom stereocenters. The average Bonchev–Trinajstić information content (AvgIpc) is 3.41. The van der Waals surface area contributed by atoms with Crippen LogP contribution in [0.15, 0.2) is 67.3 Å². The largest absolute Gasteiger partial charge is 0.370 e. The first kappa shape index (κ1) is 17.0. The molecule has 0 fully saturated rings. The zero-order valence-electron chi connectivity index (χ0n) is 15.5. The van der Waals surface area contributed by atoms with Crippen molar-refractivity contribution in [3.05, 3.63) is 84.2 Å². The summed E-state index contributed by atoms with van der Waals surface area (Å²) in [6, 6.07) is 13.9. The molecule has 29 heavy (non-hydrogen) atoms. The van der Waals surface area contributed by atoms with Gasteiger partial charge in [0.2, 0.25) is 5.69 Å². The number of aromatic nitrogens is 5. The summed E-state index contributed by atoms with van der Waals surface area (Å²) in [5, 5.41) is 9.10. The molecule has 0 saturated heterocycles. The van der Waals surface area contributed by atoms with E-state index < -0.39 is 0 Å². The van der Waals surface area contributed by atoms with Crippen LogP contribution < -0.4 is 5.32 Å². The van der Waals surface area contributed by atoms with E-state index in [1.165, 1.54) is 10.9 Å². The molecule has 4 aromatic heterocycles. The molecule has 0 aliphatic rings. The second kappa shape index (κ2) is 7.09. The van der Waals surface area contributed by atoms with Gasteiger partial charge in [0.25, 0.3) is 0 Å². The molecular weight excluding hydrogens is 362 g/mol. The van der Waals surface area contributed by atoms with Gasteiger partial charge in [-0.15, -0.1) is 0 Å². The Balaban J connectivity index is 1.43. The minimum atomic E-state index is 0.492. The van der Waals surface area contributed by atoms with Crippen LogP contribution in [-0.4, -0.2) is 31.1 Å². The first-order valence-electron chi connectivity index (χ1n) is 9.28. The predicted molar refractivity (Wildman–Crippen MR) is 113 cm³/mol. The summed E-state index contributed by atoms with van der Waals surface area (Å²) in [5.41, 5.74) is 5.22. The monoisotopic (exact) mass is 379 g/mol. The van der Waals surface area contributed by atoms with E-state index >= 15 is 0 Å². The number of hydrogen-bond donors (Lipinski definition) is 2. The standard InChI is InChI=1S/C22H17N7/c1-23-17-10-16(12-24-14-17)20-11-22(29-21(28-20)7-9-27-29)25-8-6-15-13-26-19-5-3-2-4-18(15)19/h2-5,7,9-14,25-26H,6,8H2. The maximum Gasteiger partial charge on any atom is 0.205 e. The van der Waals surface area contributed by atoms with E-state index in [1.54, 1.807) is 29.2 Å². The number of anilines is 1. The highest BCUT2D eigenvalue weighted by atomic mass is 15.3. The molecule has 2 N–H and O–H groups in total. The minimum Gasteiger partial charge on any atom is -0.370 e. The van der Waals surface area contributed by atoms with Gasteiger partial charge in [-0.05, 0) is 24.1 Å². The third kappa shape index (κ3) is 3.17. The Hall–Kier alpha value is -4.18. The smallest absolute Gasteiger partial charge is 0.205 e. The van der Waals surface area contributed by atoms with Crippen LogP contribution in [0.5, 0.6) is 0 Å². The molecule has 140 valence electrons. The minimum absolute atomic E-state index is 0.492. The first-order valence-corrected chi connectivity index (χ1v) is 9.28. The molecular formula is C22H17N7. The van der Waals surface area contributed by atoms with Gasteiger partial charge in [0.1, 0.15) is 5.82 Å². The molecule has 4 heterocycles. The van der Waals surface area contributed by atoms with E-state index in [2.05, 4.69) is 54.6 Å². The summed E-state index contributed by atoms with van der Waals surface area (Å²) in [5.74, 6) is 0.850. The van der Waals surface area contributed by atoms with Crippen molar-refractivity contribution >= 4 is 28.1 Å². The Kier molecular flexibility index (Phi) is 4.15. The van der Waals surface area contributed by atoms with Crippen LogP contribution in [0, 0.1) is 6.57 Å². The van der Waals surface area contributed by atoms with Crippen LogP contribution in [0.1, 0.15) is 5.56 Å². The number of rotatable bonds is 5. The van der Waals surface area contributed by atoms with Crippen LogP contribution in [0.2, 0.25) is 0 Å². The predicted octanol–water partition coefficient (Wildman–Crippen LogP) is 4.48. The fourth-order valence-electron chi connectivity index (χ4n) is 3.48. The van der Waals surface area contributed by atoms with Gasteiger partial charge in [0.15, 0.2) is 5.65 Å². The third-order valence-electron chi connectivity index (χ3n) is 4.88. The lowest BCUT2D eigenvalue weighted by atomic mass is 10.1. The topological polar surface area (TPSA) is 75.3 Å². The summed E-state index contributed by atoms with van der Waals surface area (Å²) in [6.45, 7) is 7.95. The summed E-state index contributed by atoms with van der Waals surface area (Å²) < 4.78 is 1.78. The highest BCUT2D eigenvalue weighted by Gasteiger charge is 2.10. The zero-order valence-corrected chi connectivity index (χ0v) is 15.5. The van der Waals surface area contributed by atoms with E-state index in [1.807, 2.05) is 18.2 Å². The second-order valence-electron chi connectivity index (χ2n) is 6.71. The van der Waals surface area contributed by atoms with Crippen molar-refractivity contribution in [1.29, 1.82) is 0 Å². The molecule has 0 aliphatic carbocycles. The van der Waals surface area contributed by atoms with Gasteiger partial charge < -0.3 is 10.3 Å².